The van der Waals surface area contributed by atoms with Gasteiger partial charge in [-0.15, -0.1) is 0 Å². The Kier molecular flexibility index (Phi) is 3.90. The molecule has 0 spiro atoms. The number of rotatable bonds is 2. The van der Waals surface area contributed by atoms with Gasteiger partial charge in [0, 0.05) is 11.1 Å². The third kappa shape index (κ3) is 2.93. The van der Waals surface area contributed by atoms with Crippen molar-refractivity contribution in [2.75, 3.05) is 11.9 Å². The zero-order chi connectivity index (χ0) is 19.1. The minimum atomic E-state index is -0.228. The smallest absolute Gasteiger partial charge is 0.262 e. The number of carbonyl (C=O) groups is 1. The van der Waals surface area contributed by atoms with Gasteiger partial charge < -0.3 is 14.8 Å². The zero-order valence-electron chi connectivity index (χ0n) is 15.4. The average Bonchev–Trinajstić information content (AvgIpc) is 2.73. The molecule has 138 valence electrons. The van der Waals surface area contributed by atoms with Gasteiger partial charge in [0.25, 0.3) is 5.91 Å². The highest BCUT2D eigenvalue weighted by molar-refractivity contribution is 5.97. The van der Waals surface area contributed by atoms with Gasteiger partial charge in [-0.2, -0.15) is 0 Å². The van der Waals surface area contributed by atoms with Gasteiger partial charge in [0.05, 0.1) is 5.69 Å². The number of hydrogen-bond donors (Lipinski definition) is 1. The van der Waals surface area contributed by atoms with Gasteiger partial charge in [0.2, 0.25) is 0 Å². The van der Waals surface area contributed by atoms with Crippen molar-refractivity contribution >= 4 is 23.2 Å². The summed E-state index contributed by atoms with van der Waals surface area (Å²) in [5.74, 6) is 1.43. The maximum absolute atomic E-state index is 11.7. The van der Waals surface area contributed by atoms with Gasteiger partial charge >= 0.3 is 0 Å². The van der Waals surface area contributed by atoms with E-state index in [4.69, 9.17) is 9.47 Å². The van der Waals surface area contributed by atoms with E-state index in [1.54, 1.807) is 0 Å². The number of carbonyl (C=O) groups excluding carboxylic acids is 1. The molecule has 4 heteroatoms. The fourth-order valence-electron chi connectivity index (χ4n) is 3.67. The third-order valence-corrected chi connectivity index (χ3v) is 5.06. The maximum atomic E-state index is 11.7. The first kappa shape index (κ1) is 16.6. The van der Waals surface area contributed by atoms with Crippen LogP contribution in [0.5, 0.6) is 11.5 Å². The number of anilines is 1. The van der Waals surface area contributed by atoms with E-state index in [2.05, 4.69) is 48.6 Å². The molecule has 0 fully saturated rings. The van der Waals surface area contributed by atoms with Crippen molar-refractivity contribution in [3.05, 3.63) is 89.0 Å². The van der Waals surface area contributed by atoms with Gasteiger partial charge in [-0.05, 0) is 47.9 Å². The fraction of sp³-hybridized carbons (Fsp3) is 0.125. The summed E-state index contributed by atoms with van der Waals surface area (Å²) in [5, 5.41) is 2.89. The quantitative estimate of drug-likeness (QED) is 0.691. The first-order chi connectivity index (χ1) is 13.7. The molecule has 3 aromatic rings. The molecule has 2 aliphatic rings. The van der Waals surface area contributed by atoms with Crippen LogP contribution in [0.15, 0.2) is 66.7 Å². The summed E-state index contributed by atoms with van der Waals surface area (Å²) >= 11 is 0. The van der Waals surface area contributed by atoms with E-state index in [-0.39, 0.29) is 18.6 Å². The maximum Gasteiger partial charge on any atom is 0.262 e. The number of aryl methyl sites for hydroxylation is 1. The van der Waals surface area contributed by atoms with E-state index in [1.807, 2.05) is 36.4 Å². The summed E-state index contributed by atoms with van der Waals surface area (Å²) in [6, 6.07) is 22.3. The average molecular weight is 369 g/mol. The monoisotopic (exact) mass is 369 g/mol. The molecule has 4 nitrogen and oxygen atoms in total. The molecule has 1 N–H and O–H groups in total. The molecule has 0 saturated heterocycles. The fourth-order valence-corrected chi connectivity index (χ4v) is 3.67. The van der Waals surface area contributed by atoms with Gasteiger partial charge in [-0.25, -0.2) is 0 Å². The van der Waals surface area contributed by atoms with E-state index in [0.717, 1.165) is 33.6 Å². The minimum Gasteiger partial charge on any atom is -0.482 e. The number of benzene rings is 3. The van der Waals surface area contributed by atoms with Crippen molar-refractivity contribution in [1.82, 2.24) is 0 Å². The molecular formula is C24H19NO3. The lowest BCUT2D eigenvalue weighted by Crippen LogP contribution is -2.25. The highest BCUT2D eigenvalue weighted by Gasteiger charge is 2.27. The largest absolute Gasteiger partial charge is 0.482 e. The van der Waals surface area contributed by atoms with Gasteiger partial charge in [0.15, 0.2) is 6.61 Å². The van der Waals surface area contributed by atoms with Gasteiger partial charge in [-0.3, -0.25) is 4.79 Å². The van der Waals surface area contributed by atoms with E-state index < -0.39 is 0 Å². The molecule has 0 aromatic heterocycles. The van der Waals surface area contributed by atoms with Crippen LogP contribution in [0.2, 0.25) is 0 Å². The van der Waals surface area contributed by atoms with Crippen molar-refractivity contribution < 1.29 is 14.3 Å². The third-order valence-electron chi connectivity index (χ3n) is 5.06. The molecule has 0 saturated carbocycles. The Morgan fingerprint density at radius 2 is 1.82 bits per heavy atom. The van der Waals surface area contributed by atoms with E-state index in [0.29, 0.717) is 11.4 Å². The van der Waals surface area contributed by atoms with Crippen LogP contribution in [0, 0.1) is 6.92 Å². The predicted octanol–water partition coefficient (Wildman–Crippen LogP) is 5.00. The summed E-state index contributed by atoms with van der Waals surface area (Å²) in [5.41, 5.74) is 6.02. The second-order valence-corrected chi connectivity index (χ2v) is 7.10. The van der Waals surface area contributed by atoms with Crippen LogP contribution in [-0.2, 0) is 4.79 Å². The number of nitrogens with one attached hydrogen (secondary N) is 1. The minimum absolute atomic E-state index is 0.0531. The van der Waals surface area contributed by atoms with Crippen LogP contribution < -0.4 is 14.8 Å². The Hall–Kier alpha value is -3.53. The molecule has 2 heterocycles. The lowest BCUT2D eigenvalue weighted by Gasteiger charge is -2.29. The molecular weight excluding hydrogens is 350 g/mol. The molecule has 0 bridgehead atoms. The first-order valence-corrected chi connectivity index (χ1v) is 9.28. The molecule has 3 aromatic carbocycles. The Labute approximate surface area is 163 Å². The number of hydrogen-bond acceptors (Lipinski definition) is 3. The molecule has 1 atom stereocenters. The highest BCUT2D eigenvalue weighted by atomic mass is 16.5. The van der Waals surface area contributed by atoms with Crippen molar-refractivity contribution in [2.45, 2.75) is 13.0 Å². The molecule has 1 amide bonds. The summed E-state index contributed by atoms with van der Waals surface area (Å²) in [7, 11) is 0. The van der Waals surface area contributed by atoms with Crippen molar-refractivity contribution in [3.63, 3.8) is 0 Å². The van der Waals surface area contributed by atoms with Crippen molar-refractivity contribution in [2.24, 2.45) is 0 Å². The van der Waals surface area contributed by atoms with E-state index in [1.165, 1.54) is 0 Å². The zero-order valence-corrected chi connectivity index (χ0v) is 15.4. The summed E-state index contributed by atoms with van der Waals surface area (Å²) in [6.07, 6.45) is 1.94. The second-order valence-electron chi connectivity index (χ2n) is 7.10. The van der Waals surface area contributed by atoms with E-state index >= 15 is 0 Å². The Bertz CT molecular complexity index is 1100. The number of fused-ring (bicyclic) bond motifs is 2. The summed E-state index contributed by atoms with van der Waals surface area (Å²) in [4.78, 5) is 11.7. The molecule has 0 radical (unpaired) electrons. The molecule has 1 unspecified atom stereocenters. The van der Waals surface area contributed by atoms with Gasteiger partial charge in [-0.1, -0.05) is 48.5 Å². The highest BCUT2D eigenvalue weighted by Crippen LogP contribution is 2.43. The predicted molar refractivity (Wildman–Crippen MR) is 109 cm³/mol. The van der Waals surface area contributed by atoms with Gasteiger partial charge in [0.1, 0.15) is 17.6 Å². The number of ether oxygens (including phenoxy) is 2. The Balaban J connectivity index is 1.64. The van der Waals surface area contributed by atoms with E-state index in [9.17, 15) is 4.79 Å². The number of amides is 1. The van der Waals surface area contributed by atoms with Crippen LogP contribution in [0.4, 0.5) is 5.69 Å². The van der Waals surface area contributed by atoms with Crippen LogP contribution in [0.1, 0.15) is 28.4 Å². The topological polar surface area (TPSA) is 47.6 Å². The normalized spacial score (nSPS) is 17.4. The van der Waals surface area contributed by atoms with Crippen molar-refractivity contribution in [1.29, 1.82) is 0 Å². The summed E-state index contributed by atoms with van der Waals surface area (Å²) in [6.45, 7) is 2.12. The lowest BCUT2D eigenvalue weighted by molar-refractivity contribution is -0.118. The first-order valence-electron chi connectivity index (χ1n) is 9.28. The molecule has 5 rings (SSSR count). The molecule has 0 aliphatic carbocycles. The standard InChI is InChI=1S/C24H19NO3/c1-15-7-8-18-12-19(17-9-10-21-20(13-17)25-23(26)14-27-21)24(28-22(18)11-15)16-5-3-2-4-6-16/h2-13,24H,14H2,1H3,(H,25,26). The summed E-state index contributed by atoms with van der Waals surface area (Å²) < 4.78 is 11.9. The van der Waals surface area contributed by atoms with Crippen LogP contribution in [0.25, 0.3) is 11.6 Å². The van der Waals surface area contributed by atoms with Crippen LogP contribution in [-0.4, -0.2) is 12.5 Å². The molecule has 28 heavy (non-hydrogen) atoms. The lowest BCUT2D eigenvalue weighted by atomic mass is 9.90. The molecule has 2 aliphatic heterocycles. The van der Waals surface area contributed by atoms with Crippen molar-refractivity contribution in [3.8, 4) is 11.5 Å². The van der Waals surface area contributed by atoms with Crippen LogP contribution >= 0.6 is 0 Å². The van der Waals surface area contributed by atoms with Crippen LogP contribution in [0.3, 0.4) is 0 Å². The Morgan fingerprint density at radius 3 is 2.68 bits per heavy atom. The Morgan fingerprint density at radius 1 is 0.964 bits per heavy atom. The SMILES string of the molecule is Cc1ccc2c(c1)OC(c1ccccc1)C(c1ccc3c(c1)NC(=O)CO3)=C2. The second kappa shape index (κ2) is 6.57.